The minimum absolute atomic E-state index is 0.0640. The number of aliphatic hydroxyl groups excluding tert-OH is 1. The van der Waals surface area contributed by atoms with E-state index < -0.39 is 0 Å². The van der Waals surface area contributed by atoms with Crippen LogP contribution in [0.2, 0.25) is 0 Å². The Morgan fingerprint density at radius 2 is 2.21 bits per heavy atom. The van der Waals surface area contributed by atoms with Crippen molar-refractivity contribution >= 4 is 5.91 Å². The highest BCUT2D eigenvalue weighted by atomic mass is 16.3. The molecule has 0 spiro atoms. The molecule has 0 aliphatic carbocycles. The molecule has 2 N–H and O–H groups in total. The Hall–Kier alpha value is -1.44. The van der Waals surface area contributed by atoms with Crippen molar-refractivity contribution in [2.45, 2.75) is 44.9 Å². The van der Waals surface area contributed by atoms with Gasteiger partial charge in [0.05, 0.1) is 6.10 Å². The minimum Gasteiger partial charge on any atom is -0.390 e. The van der Waals surface area contributed by atoms with Gasteiger partial charge in [0.25, 0.3) is 5.91 Å². The van der Waals surface area contributed by atoms with Crippen molar-refractivity contribution in [3.63, 3.8) is 0 Å². The number of hydrogen-bond donors (Lipinski definition) is 2. The van der Waals surface area contributed by atoms with Crippen LogP contribution in [0.1, 0.15) is 41.5 Å². The van der Waals surface area contributed by atoms with Gasteiger partial charge in [-0.2, -0.15) is 5.10 Å². The average molecular weight is 335 g/mol. The normalized spacial score (nSPS) is 25.0. The maximum atomic E-state index is 12.3. The zero-order valence-corrected chi connectivity index (χ0v) is 15.0. The molecule has 1 amide bonds. The first-order valence-corrected chi connectivity index (χ1v) is 8.93. The number of carbonyl (C=O) groups excluding carboxylic acids is 1. The van der Waals surface area contributed by atoms with Crippen molar-refractivity contribution in [1.29, 1.82) is 0 Å². The molecule has 134 valence electrons. The number of nitrogens with zero attached hydrogens (tertiary/aromatic N) is 4. The summed E-state index contributed by atoms with van der Waals surface area (Å²) in [7, 11) is 3.49. The summed E-state index contributed by atoms with van der Waals surface area (Å²) in [6, 6.07) is 0.146. The van der Waals surface area contributed by atoms with E-state index in [1.54, 1.807) is 19.0 Å². The first kappa shape index (κ1) is 17.4. The van der Waals surface area contributed by atoms with Gasteiger partial charge in [-0.15, -0.1) is 0 Å². The van der Waals surface area contributed by atoms with E-state index in [2.05, 4.69) is 26.9 Å². The number of aromatic amines is 1. The smallest absolute Gasteiger partial charge is 0.274 e. The molecule has 1 aromatic rings. The van der Waals surface area contributed by atoms with Crippen molar-refractivity contribution in [1.82, 2.24) is 24.9 Å². The lowest BCUT2D eigenvalue weighted by Gasteiger charge is -2.33. The first-order chi connectivity index (χ1) is 11.5. The van der Waals surface area contributed by atoms with Gasteiger partial charge in [0.2, 0.25) is 0 Å². The van der Waals surface area contributed by atoms with Crippen molar-refractivity contribution in [2.24, 2.45) is 0 Å². The summed E-state index contributed by atoms with van der Waals surface area (Å²) in [4.78, 5) is 18.5. The van der Waals surface area contributed by atoms with Crippen LogP contribution in [0.4, 0.5) is 0 Å². The lowest BCUT2D eigenvalue weighted by Crippen LogP contribution is -2.46. The number of fused-ring (bicyclic) bond motifs is 1. The number of nitrogens with one attached hydrogen (secondary N) is 1. The quantitative estimate of drug-likeness (QED) is 0.810. The maximum absolute atomic E-state index is 12.3. The van der Waals surface area contributed by atoms with Crippen LogP contribution in [0.3, 0.4) is 0 Å². The summed E-state index contributed by atoms with van der Waals surface area (Å²) in [6.07, 6.45) is 2.88. The molecule has 0 bridgehead atoms. The lowest BCUT2D eigenvalue weighted by atomic mass is 10.0. The Morgan fingerprint density at radius 1 is 1.42 bits per heavy atom. The van der Waals surface area contributed by atoms with Crippen molar-refractivity contribution in [3.05, 3.63) is 17.0 Å². The van der Waals surface area contributed by atoms with E-state index in [0.29, 0.717) is 12.2 Å². The van der Waals surface area contributed by atoms with Crippen LogP contribution < -0.4 is 0 Å². The molecule has 24 heavy (non-hydrogen) atoms. The summed E-state index contributed by atoms with van der Waals surface area (Å²) in [5, 5.41) is 17.8. The van der Waals surface area contributed by atoms with Crippen LogP contribution in [-0.2, 0) is 13.0 Å². The minimum atomic E-state index is -0.316. The number of carbonyl (C=O) groups is 1. The Balaban J connectivity index is 1.71. The van der Waals surface area contributed by atoms with Gasteiger partial charge in [-0.25, -0.2) is 0 Å². The third-order valence-corrected chi connectivity index (χ3v) is 5.20. The van der Waals surface area contributed by atoms with Gasteiger partial charge in [0.1, 0.15) is 0 Å². The number of rotatable bonds is 5. The maximum Gasteiger partial charge on any atom is 0.274 e. The number of likely N-dealkylation sites (tertiary alicyclic amines) is 1. The van der Waals surface area contributed by atoms with Crippen LogP contribution in [0, 0.1) is 0 Å². The van der Waals surface area contributed by atoms with Crippen LogP contribution in [-0.4, -0.2) is 88.3 Å². The molecule has 2 aliphatic heterocycles. The number of aromatic nitrogens is 2. The molecule has 1 aromatic heterocycles. The second-order valence-corrected chi connectivity index (χ2v) is 7.20. The Kier molecular flexibility index (Phi) is 5.22. The fraction of sp³-hybridized carbons (Fsp3) is 0.765. The molecular formula is C17H29N5O2. The molecule has 3 heterocycles. The molecule has 2 aliphatic rings. The highest BCUT2D eigenvalue weighted by molar-refractivity contribution is 5.93. The molecular weight excluding hydrogens is 306 g/mol. The van der Waals surface area contributed by atoms with Gasteiger partial charge < -0.3 is 10.0 Å². The summed E-state index contributed by atoms with van der Waals surface area (Å²) in [6.45, 7) is 6.49. The van der Waals surface area contributed by atoms with Crippen LogP contribution in [0.25, 0.3) is 0 Å². The monoisotopic (exact) mass is 335 g/mol. The fourth-order valence-corrected chi connectivity index (χ4v) is 3.76. The van der Waals surface area contributed by atoms with E-state index >= 15 is 0 Å². The zero-order chi connectivity index (χ0) is 17.3. The largest absolute Gasteiger partial charge is 0.390 e. The molecule has 0 aromatic carbocycles. The molecule has 2 atom stereocenters. The number of amides is 1. The van der Waals surface area contributed by atoms with Crippen LogP contribution in [0.5, 0.6) is 0 Å². The molecule has 0 radical (unpaired) electrons. The Labute approximate surface area is 143 Å². The third kappa shape index (κ3) is 3.34. The number of aliphatic hydroxyl groups is 1. The second-order valence-electron chi connectivity index (χ2n) is 7.20. The van der Waals surface area contributed by atoms with Gasteiger partial charge in [0, 0.05) is 64.0 Å². The number of H-pyrrole nitrogens is 1. The van der Waals surface area contributed by atoms with Crippen molar-refractivity contribution < 1.29 is 9.90 Å². The summed E-state index contributed by atoms with van der Waals surface area (Å²) in [5.41, 5.74) is 2.58. The summed E-state index contributed by atoms with van der Waals surface area (Å²) >= 11 is 0. The summed E-state index contributed by atoms with van der Waals surface area (Å²) in [5.74, 6) is -0.0640. The van der Waals surface area contributed by atoms with E-state index in [4.69, 9.17) is 0 Å². The SMILES string of the molecule is CCCCN1C[C@@H](O)[C@H](N2CCc3[nH]nc(C(=O)N(C)C)c3C2)C1. The van der Waals surface area contributed by atoms with E-state index in [1.807, 2.05) is 0 Å². The summed E-state index contributed by atoms with van der Waals surface area (Å²) < 4.78 is 0. The topological polar surface area (TPSA) is 75.7 Å². The van der Waals surface area contributed by atoms with E-state index in [1.165, 1.54) is 12.8 Å². The van der Waals surface area contributed by atoms with Gasteiger partial charge in [-0.3, -0.25) is 19.7 Å². The van der Waals surface area contributed by atoms with E-state index in [0.717, 1.165) is 43.9 Å². The number of hydrogen-bond acceptors (Lipinski definition) is 5. The zero-order valence-electron chi connectivity index (χ0n) is 15.0. The van der Waals surface area contributed by atoms with Crippen molar-refractivity contribution in [3.8, 4) is 0 Å². The lowest BCUT2D eigenvalue weighted by molar-refractivity contribution is 0.0730. The van der Waals surface area contributed by atoms with Gasteiger partial charge >= 0.3 is 0 Å². The van der Waals surface area contributed by atoms with Crippen LogP contribution >= 0.6 is 0 Å². The van der Waals surface area contributed by atoms with Gasteiger partial charge in [-0.1, -0.05) is 13.3 Å². The Bertz CT molecular complexity index is 586. The first-order valence-electron chi connectivity index (χ1n) is 8.93. The highest BCUT2D eigenvalue weighted by Crippen LogP contribution is 2.26. The number of unbranched alkanes of at least 4 members (excludes halogenated alkanes) is 1. The van der Waals surface area contributed by atoms with Gasteiger partial charge in [0.15, 0.2) is 5.69 Å². The number of β-amino-alcohol motifs (C(OH)–C–C–N with tert-alkyl or cyclic N) is 1. The second kappa shape index (κ2) is 7.21. The molecule has 7 nitrogen and oxygen atoms in total. The van der Waals surface area contributed by atoms with Gasteiger partial charge in [-0.05, 0) is 13.0 Å². The van der Waals surface area contributed by atoms with Crippen molar-refractivity contribution in [2.75, 3.05) is 40.3 Å². The highest BCUT2D eigenvalue weighted by Gasteiger charge is 2.37. The molecule has 1 saturated heterocycles. The fourth-order valence-electron chi connectivity index (χ4n) is 3.76. The Morgan fingerprint density at radius 3 is 2.92 bits per heavy atom. The average Bonchev–Trinajstić information content (AvgIpc) is 3.14. The van der Waals surface area contributed by atoms with Crippen LogP contribution in [0.15, 0.2) is 0 Å². The van der Waals surface area contributed by atoms with E-state index in [9.17, 15) is 9.90 Å². The molecule has 0 unspecified atom stereocenters. The molecule has 1 fully saturated rings. The molecule has 7 heteroatoms. The molecule has 3 rings (SSSR count). The third-order valence-electron chi connectivity index (χ3n) is 5.20. The molecule has 0 saturated carbocycles. The standard InChI is InChI=1S/C17H29N5O2/c1-4-5-7-21-10-14(15(23)11-21)22-8-6-13-12(9-22)16(19-18-13)17(24)20(2)3/h14-15,23H,4-11H2,1-3H3,(H,18,19)/t14-,15-/m1/s1. The predicted molar refractivity (Wildman–Crippen MR) is 91.9 cm³/mol. The van der Waals surface area contributed by atoms with E-state index in [-0.39, 0.29) is 18.1 Å². The predicted octanol–water partition coefficient (Wildman–Crippen LogP) is 0.315.